The molecular formula is C20H17N3O6. The maximum atomic E-state index is 12.7. The van der Waals surface area contributed by atoms with Crippen LogP contribution < -0.4 is 15.6 Å². The molecule has 3 N–H and O–H groups in total. The molecule has 0 spiro atoms. The number of methoxy groups -OCH3 is 1. The number of rotatable bonds is 5. The molecular weight excluding hydrogens is 378 g/mol. The lowest BCUT2D eigenvalue weighted by molar-refractivity contribution is 0.0698. The quantitative estimate of drug-likeness (QED) is 0.604. The van der Waals surface area contributed by atoms with Gasteiger partial charge in [0.2, 0.25) is 0 Å². The van der Waals surface area contributed by atoms with Crippen LogP contribution in [0.5, 0.6) is 11.5 Å². The predicted octanol–water partition coefficient (Wildman–Crippen LogP) is 2.21. The van der Waals surface area contributed by atoms with Gasteiger partial charge < -0.3 is 20.3 Å². The zero-order valence-corrected chi connectivity index (χ0v) is 15.5. The Hall–Kier alpha value is -4.14. The third-order valence-corrected chi connectivity index (χ3v) is 4.09. The second-order valence-electron chi connectivity index (χ2n) is 6.11. The fourth-order valence-electron chi connectivity index (χ4n) is 2.71. The molecule has 3 aromatic rings. The SMILES string of the molecule is COc1ccccc1-n1nc(C(=O)Nc2ccc(C)cc2C(=O)O)c(O)cc1=O. The molecule has 29 heavy (non-hydrogen) atoms. The summed E-state index contributed by atoms with van der Waals surface area (Å²) >= 11 is 0. The Morgan fingerprint density at radius 3 is 2.55 bits per heavy atom. The van der Waals surface area contributed by atoms with Crippen LogP contribution in [-0.4, -0.2) is 39.0 Å². The van der Waals surface area contributed by atoms with Gasteiger partial charge in [-0.2, -0.15) is 9.78 Å². The highest BCUT2D eigenvalue weighted by atomic mass is 16.5. The Labute approximate surface area is 164 Å². The Balaban J connectivity index is 2.05. The molecule has 9 heteroatoms. The van der Waals surface area contributed by atoms with E-state index in [-0.39, 0.29) is 16.9 Å². The van der Waals surface area contributed by atoms with Crippen LogP contribution in [0.15, 0.2) is 53.3 Å². The van der Waals surface area contributed by atoms with E-state index < -0.39 is 28.9 Å². The van der Waals surface area contributed by atoms with Gasteiger partial charge >= 0.3 is 5.97 Å². The number of carbonyl (C=O) groups excluding carboxylic acids is 1. The number of carboxylic acid groups (broad SMARTS) is 1. The van der Waals surface area contributed by atoms with Gasteiger partial charge in [0.05, 0.1) is 18.4 Å². The number of aromatic nitrogens is 2. The van der Waals surface area contributed by atoms with Crippen LogP contribution in [0.3, 0.4) is 0 Å². The number of anilines is 1. The minimum atomic E-state index is -1.22. The van der Waals surface area contributed by atoms with Crippen molar-refractivity contribution in [2.75, 3.05) is 12.4 Å². The summed E-state index contributed by atoms with van der Waals surface area (Å²) in [5, 5.41) is 25.8. The minimum absolute atomic E-state index is 0.0318. The van der Waals surface area contributed by atoms with Crippen molar-refractivity contribution in [1.29, 1.82) is 0 Å². The van der Waals surface area contributed by atoms with Gasteiger partial charge in [-0.25, -0.2) is 4.79 Å². The van der Waals surface area contributed by atoms with Gasteiger partial charge in [0, 0.05) is 6.07 Å². The molecule has 0 aliphatic carbocycles. The Morgan fingerprint density at radius 2 is 1.86 bits per heavy atom. The van der Waals surface area contributed by atoms with E-state index in [1.165, 1.54) is 19.2 Å². The average molecular weight is 395 g/mol. The van der Waals surface area contributed by atoms with Gasteiger partial charge in [-0.15, -0.1) is 0 Å². The van der Waals surface area contributed by atoms with E-state index in [9.17, 15) is 24.6 Å². The van der Waals surface area contributed by atoms with E-state index in [0.717, 1.165) is 10.7 Å². The first kappa shape index (κ1) is 19.6. The lowest BCUT2D eigenvalue weighted by Crippen LogP contribution is -2.26. The fraction of sp³-hybridized carbons (Fsp3) is 0.100. The second kappa shape index (κ2) is 7.85. The number of carboxylic acids is 1. The van der Waals surface area contributed by atoms with Crippen molar-refractivity contribution in [2.24, 2.45) is 0 Å². The molecule has 0 fully saturated rings. The van der Waals surface area contributed by atoms with Crippen molar-refractivity contribution >= 4 is 17.6 Å². The minimum Gasteiger partial charge on any atom is -0.505 e. The molecule has 0 unspecified atom stereocenters. The van der Waals surface area contributed by atoms with Gasteiger partial charge in [0.15, 0.2) is 11.4 Å². The standard InChI is InChI=1S/C20H17N3O6/c1-11-7-8-13(12(9-11)20(27)28)21-19(26)18-15(24)10-17(25)23(22-18)14-5-3-4-6-16(14)29-2/h3-10,24H,1-2H3,(H,21,26)(H,27,28). The summed E-state index contributed by atoms with van der Waals surface area (Å²) in [6.45, 7) is 1.72. The summed E-state index contributed by atoms with van der Waals surface area (Å²) < 4.78 is 6.12. The molecule has 1 heterocycles. The first-order valence-electron chi connectivity index (χ1n) is 8.44. The molecule has 0 atom stereocenters. The highest BCUT2D eigenvalue weighted by molar-refractivity contribution is 6.08. The Bertz CT molecular complexity index is 1170. The number of nitrogens with zero attached hydrogens (tertiary/aromatic N) is 2. The molecule has 1 amide bonds. The van der Waals surface area contributed by atoms with E-state index in [1.54, 1.807) is 37.3 Å². The average Bonchev–Trinajstić information content (AvgIpc) is 2.69. The molecule has 0 saturated carbocycles. The van der Waals surface area contributed by atoms with Crippen molar-refractivity contribution in [2.45, 2.75) is 6.92 Å². The monoisotopic (exact) mass is 395 g/mol. The van der Waals surface area contributed by atoms with Crippen molar-refractivity contribution in [3.63, 3.8) is 0 Å². The smallest absolute Gasteiger partial charge is 0.337 e. The molecule has 0 aliphatic rings. The van der Waals surface area contributed by atoms with Crippen LogP contribution in [0.4, 0.5) is 5.69 Å². The number of nitrogens with one attached hydrogen (secondary N) is 1. The van der Waals surface area contributed by atoms with Crippen molar-refractivity contribution in [1.82, 2.24) is 9.78 Å². The maximum absolute atomic E-state index is 12.7. The summed E-state index contributed by atoms with van der Waals surface area (Å²) in [6.07, 6.45) is 0. The van der Waals surface area contributed by atoms with E-state index in [0.29, 0.717) is 11.3 Å². The molecule has 9 nitrogen and oxygen atoms in total. The second-order valence-corrected chi connectivity index (χ2v) is 6.11. The number of aryl methyl sites for hydroxylation is 1. The third kappa shape index (κ3) is 3.93. The number of aromatic carboxylic acids is 1. The van der Waals surface area contributed by atoms with Crippen molar-refractivity contribution in [3.05, 3.63) is 75.7 Å². The topological polar surface area (TPSA) is 131 Å². The number of benzene rings is 2. The zero-order chi connectivity index (χ0) is 21.1. The fourth-order valence-corrected chi connectivity index (χ4v) is 2.71. The van der Waals surface area contributed by atoms with Gasteiger partial charge in [0.25, 0.3) is 11.5 Å². The van der Waals surface area contributed by atoms with E-state index in [1.807, 2.05) is 0 Å². The molecule has 0 bridgehead atoms. The maximum Gasteiger partial charge on any atom is 0.337 e. The van der Waals surface area contributed by atoms with Gasteiger partial charge in [-0.1, -0.05) is 23.8 Å². The molecule has 148 valence electrons. The lowest BCUT2D eigenvalue weighted by Gasteiger charge is -2.13. The Morgan fingerprint density at radius 1 is 1.14 bits per heavy atom. The summed E-state index contributed by atoms with van der Waals surface area (Å²) in [5.74, 6) is -2.40. The zero-order valence-electron chi connectivity index (χ0n) is 15.5. The molecule has 3 rings (SSSR count). The number of aromatic hydroxyl groups is 1. The van der Waals surface area contributed by atoms with E-state index in [4.69, 9.17) is 4.74 Å². The highest BCUT2D eigenvalue weighted by Gasteiger charge is 2.20. The number of hydrogen-bond acceptors (Lipinski definition) is 6. The number of ether oxygens (including phenoxy) is 1. The predicted molar refractivity (Wildman–Crippen MR) is 104 cm³/mol. The first-order valence-corrected chi connectivity index (χ1v) is 8.44. The normalized spacial score (nSPS) is 10.4. The van der Waals surface area contributed by atoms with Crippen LogP contribution in [0.1, 0.15) is 26.4 Å². The van der Waals surface area contributed by atoms with Crippen LogP contribution in [-0.2, 0) is 0 Å². The summed E-state index contributed by atoms with van der Waals surface area (Å²) in [4.78, 5) is 36.4. The number of para-hydroxylation sites is 2. The third-order valence-electron chi connectivity index (χ3n) is 4.09. The summed E-state index contributed by atoms with van der Waals surface area (Å²) in [7, 11) is 1.42. The number of amides is 1. The Kier molecular flexibility index (Phi) is 5.31. The summed E-state index contributed by atoms with van der Waals surface area (Å²) in [6, 6.07) is 11.9. The molecule has 0 aliphatic heterocycles. The van der Waals surface area contributed by atoms with Crippen molar-refractivity contribution in [3.8, 4) is 17.2 Å². The number of carbonyl (C=O) groups is 2. The van der Waals surface area contributed by atoms with Crippen LogP contribution in [0.2, 0.25) is 0 Å². The van der Waals surface area contributed by atoms with Crippen molar-refractivity contribution < 1.29 is 24.5 Å². The summed E-state index contributed by atoms with van der Waals surface area (Å²) in [5.41, 5.74) is -0.237. The highest BCUT2D eigenvalue weighted by Crippen LogP contribution is 2.23. The number of hydrogen-bond donors (Lipinski definition) is 3. The van der Waals surface area contributed by atoms with Crippen LogP contribution >= 0.6 is 0 Å². The lowest BCUT2D eigenvalue weighted by atomic mass is 10.1. The van der Waals surface area contributed by atoms with Crippen LogP contribution in [0, 0.1) is 6.92 Å². The largest absolute Gasteiger partial charge is 0.505 e. The van der Waals surface area contributed by atoms with Gasteiger partial charge in [0.1, 0.15) is 11.4 Å². The first-order chi connectivity index (χ1) is 13.8. The van der Waals surface area contributed by atoms with E-state index >= 15 is 0 Å². The molecule has 0 radical (unpaired) electrons. The molecule has 2 aromatic carbocycles. The van der Waals surface area contributed by atoms with E-state index in [2.05, 4.69) is 10.4 Å². The van der Waals surface area contributed by atoms with Crippen LogP contribution in [0.25, 0.3) is 5.69 Å². The molecule has 1 aromatic heterocycles. The van der Waals surface area contributed by atoms with Gasteiger partial charge in [-0.3, -0.25) is 9.59 Å². The van der Waals surface area contributed by atoms with Gasteiger partial charge in [-0.05, 0) is 31.2 Å². The molecule has 0 saturated heterocycles.